The van der Waals surface area contributed by atoms with Gasteiger partial charge in [-0.15, -0.1) is 0 Å². The van der Waals surface area contributed by atoms with Crippen LogP contribution in [0.25, 0.3) is 0 Å². The van der Waals surface area contributed by atoms with Gasteiger partial charge >= 0.3 is 0 Å². The second-order valence-corrected chi connectivity index (χ2v) is 4.57. The van der Waals surface area contributed by atoms with Crippen LogP contribution in [0.5, 0.6) is 0 Å². The van der Waals surface area contributed by atoms with Crippen LogP contribution in [-0.4, -0.2) is 35.5 Å². The first-order chi connectivity index (χ1) is 5.25. The van der Waals surface area contributed by atoms with Gasteiger partial charge in [-0.05, 0) is 13.3 Å². The van der Waals surface area contributed by atoms with E-state index >= 15 is 0 Å². The smallest absolute Gasteiger partial charge is 0.270 e. The van der Waals surface area contributed by atoms with Gasteiger partial charge < -0.3 is 10.8 Å². The van der Waals surface area contributed by atoms with Gasteiger partial charge in [0.2, 0.25) is 0 Å². The molecule has 12 heavy (non-hydrogen) atoms. The first kappa shape index (κ1) is 11.8. The lowest BCUT2D eigenvalue weighted by molar-refractivity contribution is 0.0603. The number of nitrogens with two attached hydrogens (primary N) is 1. The number of hydrogen-bond acceptors (Lipinski definition) is 4. The lowest BCUT2D eigenvalue weighted by atomic mass is 10.0. The molecule has 0 aliphatic carbocycles. The third kappa shape index (κ3) is 2.71. The lowest BCUT2D eigenvalue weighted by Gasteiger charge is -2.28. The molecule has 0 aromatic rings. The Labute approximate surface area is 72.3 Å². The van der Waals surface area contributed by atoms with Crippen molar-refractivity contribution in [1.82, 2.24) is 0 Å². The van der Waals surface area contributed by atoms with Crippen LogP contribution in [0.3, 0.4) is 0 Å². The quantitative estimate of drug-likeness (QED) is 0.520. The molecule has 0 rings (SSSR count). The molecule has 0 aromatic heterocycles. The number of aliphatic hydroxyl groups is 1. The molecule has 74 valence electrons. The zero-order chi connectivity index (χ0) is 9.99. The summed E-state index contributed by atoms with van der Waals surface area (Å²) in [6.45, 7) is 2.64. The van der Waals surface area contributed by atoms with Crippen LogP contribution in [-0.2, 0) is 10.1 Å². The minimum absolute atomic E-state index is 0.128. The van der Waals surface area contributed by atoms with Gasteiger partial charge in [0, 0.05) is 6.54 Å². The maximum atomic E-state index is 10.7. The highest BCUT2D eigenvalue weighted by Gasteiger charge is 2.38. The Morgan fingerprint density at radius 3 is 2.08 bits per heavy atom. The molecular formula is C6H15NO4S. The van der Waals surface area contributed by atoms with Gasteiger partial charge in [0.15, 0.2) is 0 Å². The van der Waals surface area contributed by atoms with Crippen molar-refractivity contribution in [3.05, 3.63) is 0 Å². The highest BCUT2D eigenvalue weighted by Crippen LogP contribution is 2.18. The Kier molecular flexibility index (Phi) is 3.64. The molecule has 4 N–H and O–H groups in total. The van der Waals surface area contributed by atoms with E-state index in [0.717, 1.165) is 0 Å². The van der Waals surface area contributed by atoms with E-state index in [2.05, 4.69) is 0 Å². The van der Waals surface area contributed by atoms with E-state index in [1.54, 1.807) is 6.92 Å². The van der Waals surface area contributed by atoms with Crippen molar-refractivity contribution in [3.63, 3.8) is 0 Å². The summed E-state index contributed by atoms with van der Waals surface area (Å²) in [6, 6.07) is 0. The minimum atomic E-state index is -4.21. The number of hydrogen-bond donors (Lipinski definition) is 3. The first-order valence-corrected chi connectivity index (χ1v) is 5.14. The van der Waals surface area contributed by atoms with Gasteiger partial charge in [-0.2, -0.15) is 8.42 Å². The van der Waals surface area contributed by atoms with E-state index in [1.165, 1.54) is 6.92 Å². The standard InChI is InChI=1S/C6H15NO4S/c1-3-5(12(9,10)11)6(2,8)4-7/h5,8H,3-4,7H2,1-2H3,(H,9,10,11). The average molecular weight is 197 g/mol. The van der Waals surface area contributed by atoms with E-state index in [1.807, 2.05) is 0 Å². The van der Waals surface area contributed by atoms with Crippen LogP contribution in [0.4, 0.5) is 0 Å². The van der Waals surface area contributed by atoms with Crippen molar-refractivity contribution < 1.29 is 18.1 Å². The van der Waals surface area contributed by atoms with Crippen LogP contribution in [0.1, 0.15) is 20.3 Å². The second kappa shape index (κ2) is 3.69. The molecule has 0 aromatic carbocycles. The molecule has 0 fully saturated rings. The molecule has 2 atom stereocenters. The van der Waals surface area contributed by atoms with Gasteiger partial charge in [0.05, 0.1) is 5.60 Å². The zero-order valence-electron chi connectivity index (χ0n) is 7.19. The molecule has 0 heterocycles. The molecular weight excluding hydrogens is 182 g/mol. The second-order valence-electron chi connectivity index (χ2n) is 2.97. The molecule has 0 amide bonds. The van der Waals surface area contributed by atoms with Crippen molar-refractivity contribution in [2.75, 3.05) is 6.54 Å². The summed E-state index contributed by atoms with van der Waals surface area (Å²) in [5.74, 6) is 0. The Bertz CT molecular complexity index is 234. The molecule has 0 radical (unpaired) electrons. The normalized spacial score (nSPS) is 20.1. The number of rotatable bonds is 4. The first-order valence-electron chi connectivity index (χ1n) is 3.64. The van der Waals surface area contributed by atoms with Crippen LogP contribution >= 0.6 is 0 Å². The Hall–Kier alpha value is -0.170. The van der Waals surface area contributed by atoms with Gasteiger partial charge in [0.1, 0.15) is 5.25 Å². The predicted molar refractivity (Wildman–Crippen MR) is 45.3 cm³/mol. The molecule has 0 aliphatic rings. The van der Waals surface area contributed by atoms with Gasteiger partial charge in [0.25, 0.3) is 10.1 Å². The fraction of sp³-hybridized carbons (Fsp3) is 1.00. The maximum Gasteiger partial charge on any atom is 0.270 e. The maximum absolute atomic E-state index is 10.7. The molecule has 0 bridgehead atoms. The third-order valence-corrected chi connectivity index (χ3v) is 3.40. The Morgan fingerprint density at radius 2 is 2.00 bits per heavy atom. The molecule has 0 aliphatic heterocycles. The fourth-order valence-corrected chi connectivity index (χ4v) is 2.26. The fourth-order valence-electron chi connectivity index (χ4n) is 1.10. The summed E-state index contributed by atoms with van der Waals surface area (Å²) in [7, 11) is -4.21. The van der Waals surface area contributed by atoms with Crippen molar-refractivity contribution in [2.24, 2.45) is 5.73 Å². The topological polar surface area (TPSA) is 101 Å². The van der Waals surface area contributed by atoms with Crippen molar-refractivity contribution in [3.8, 4) is 0 Å². The van der Waals surface area contributed by atoms with Crippen LogP contribution in [0, 0.1) is 0 Å². The summed E-state index contributed by atoms with van der Waals surface area (Å²) in [5, 5.41) is 8.24. The summed E-state index contributed by atoms with van der Waals surface area (Å²) in [6.07, 6.45) is 0.128. The van der Waals surface area contributed by atoms with Gasteiger partial charge in [-0.1, -0.05) is 6.92 Å². The van der Waals surface area contributed by atoms with Crippen LogP contribution in [0.2, 0.25) is 0 Å². The van der Waals surface area contributed by atoms with E-state index in [-0.39, 0.29) is 13.0 Å². The van der Waals surface area contributed by atoms with Gasteiger partial charge in [-0.25, -0.2) is 0 Å². The van der Waals surface area contributed by atoms with Gasteiger partial charge in [-0.3, -0.25) is 4.55 Å². The monoisotopic (exact) mass is 197 g/mol. The zero-order valence-corrected chi connectivity index (χ0v) is 8.00. The summed E-state index contributed by atoms with van der Waals surface area (Å²) >= 11 is 0. The molecule has 5 nitrogen and oxygen atoms in total. The minimum Gasteiger partial charge on any atom is -0.387 e. The summed E-state index contributed by atoms with van der Waals surface area (Å²) in [4.78, 5) is 0. The molecule has 0 saturated carbocycles. The predicted octanol–water partition coefficient (Wildman–Crippen LogP) is -0.637. The van der Waals surface area contributed by atoms with Crippen LogP contribution < -0.4 is 5.73 Å². The highest BCUT2D eigenvalue weighted by molar-refractivity contribution is 7.86. The molecule has 2 unspecified atom stereocenters. The molecule has 0 saturated heterocycles. The summed E-state index contributed by atoms with van der Waals surface area (Å²) < 4.78 is 30.1. The lowest BCUT2D eigenvalue weighted by Crippen LogP contribution is -2.49. The average Bonchev–Trinajstić information content (AvgIpc) is 1.85. The summed E-state index contributed by atoms with van der Waals surface area (Å²) in [5.41, 5.74) is 3.59. The van der Waals surface area contributed by atoms with E-state index in [0.29, 0.717) is 0 Å². The van der Waals surface area contributed by atoms with E-state index in [9.17, 15) is 13.5 Å². The highest BCUT2D eigenvalue weighted by atomic mass is 32.2. The third-order valence-electron chi connectivity index (χ3n) is 1.84. The Balaban J connectivity index is 4.81. The van der Waals surface area contributed by atoms with Crippen molar-refractivity contribution >= 4 is 10.1 Å². The van der Waals surface area contributed by atoms with Crippen molar-refractivity contribution in [2.45, 2.75) is 31.1 Å². The van der Waals surface area contributed by atoms with E-state index < -0.39 is 21.0 Å². The molecule has 6 heteroatoms. The Morgan fingerprint density at radius 1 is 1.58 bits per heavy atom. The van der Waals surface area contributed by atoms with Crippen LogP contribution in [0.15, 0.2) is 0 Å². The van der Waals surface area contributed by atoms with Crippen molar-refractivity contribution in [1.29, 1.82) is 0 Å². The molecule has 0 spiro atoms. The SMILES string of the molecule is CCC(C(C)(O)CN)S(=O)(=O)O. The largest absolute Gasteiger partial charge is 0.387 e. The van der Waals surface area contributed by atoms with E-state index in [4.69, 9.17) is 10.3 Å².